The fourth-order valence-electron chi connectivity index (χ4n) is 6.01. The quantitative estimate of drug-likeness (QED) is 0.307. The Morgan fingerprint density at radius 3 is 2.20 bits per heavy atom. The Kier molecular flexibility index (Phi) is 11.4. The van der Waals surface area contributed by atoms with Gasteiger partial charge in [0.25, 0.3) is 0 Å². The number of para-hydroxylation sites is 1. The third kappa shape index (κ3) is 9.39. The van der Waals surface area contributed by atoms with Gasteiger partial charge in [0.2, 0.25) is 5.91 Å². The average molecular weight is 599 g/mol. The van der Waals surface area contributed by atoms with E-state index in [0.29, 0.717) is 13.0 Å². The maximum atomic E-state index is 12.8. The number of rotatable bonds is 11. The molecule has 2 aliphatic rings. The van der Waals surface area contributed by atoms with Crippen LogP contribution in [0.15, 0.2) is 78.9 Å². The molecule has 0 aliphatic carbocycles. The molecule has 0 radical (unpaired) electrons. The van der Waals surface area contributed by atoms with Gasteiger partial charge in [0, 0.05) is 64.8 Å². The molecule has 0 saturated carbocycles. The molecule has 0 unspecified atom stereocenters. The number of carbonyl (C=O) groups is 2. The second kappa shape index (κ2) is 15.8. The van der Waals surface area contributed by atoms with Crippen LogP contribution in [0.3, 0.4) is 0 Å². The van der Waals surface area contributed by atoms with E-state index in [4.69, 9.17) is 4.74 Å². The lowest BCUT2D eigenvalue weighted by Crippen LogP contribution is -2.42. The molecule has 2 N–H and O–H groups in total. The van der Waals surface area contributed by atoms with E-state index >= 15 is 0 Å². The SMILES string of the molecule is CN(CCN1CCC(OC(=O)Nc2ccccc2-c2ccccc2)CC1)C(=O)CCc1ccc(CN2CCC(O)CC2)cc1. The molecule has 8 heteroatoms. The van der Waals surface area contributed by atoms with Gasteiger partial charge in [-0.05, 0) is 54.9 Å². The number of aliphatic hydroxyl groups is 1. The van der Waals surface area contributed by atoms with Crippen molar-refractivity contribution in [2.45, 2.75) is 57.3 Å². The molecule has 2 amide bonds. The summed E-state index contributed by atoms with van der Waals surface area (Å²) in [7, 11) is 1.88. The minimum atomic E-state index is -0.422. The van der Waals surface area contributed by atoms with Crippen molar-refractivity contribution in [1.29, 1.82) is 0 Å². The summed E-state index contributed by atoms with van der Waals surface area (Å²) in [4.78, 5) is 32.1. The highest BCUT2D eigenvalue weighted by atomic mass is 16.6. The third-order valence-corrected chi connectivity index (χ3v) is 8.85. The first-order valence-corrected chi connectivity index (χ1v) is 16.0. The molecule has 234 valence electrons. The van der Waals surface area contributed by atoms with E-state index in [1.807, 2.05) is 66.5 Å². The predicted molar refractivity (Wildman–Crippen MR) is 174 cm³/mol. The smallest absolute Gasteiger partial charge is 0.411 e. The summed E-state index contributed by atoms with van der Waals surface area (Å²) in [6, 6.07) is 26.3. The first kappa shape index (κ1) is 31.7. The van der Waals surface area contributed by atoms with Gasteiger partial charge < -0.3 is 19.6 Å². The van der Waals surface area contributed by atoms with Crippen molar-refractivity contribution in [3.8, 4) is 11.1 Å². The molecule has 5 rings (SSSR count). The van der Waals surface area contributed by atoms with E-state index in [1.165, 1.54) is 11.1 Å². The molecule has 2 heterocycles. The van der Waals surface area contributed by atoms with E-state index in [0.717, 1.165) is 88.2 Å². The second-order valence-corrected chi connectivity index (χ2v) is 12.1. The van der Waals surface area contributed by atoms with E-state index < -0.39 is 6.09 Å². The number of anilines is 1. The van der Waals surface area contributed by atoms with Crippen LogP contribution in [-0.2, 0) is 22.5 Å². The van der Waals surface area contributed by atoms with Crippen molar-refractivity contribution in [2.24, 2.45) is 0 Å². The van der Waals surface area contributed by atoms with Crippen molar-refractivity contribution in [3.63, 3.8) is 0 Å². The lowest BCUT2D eigenvalue weighted by Gasteiger charge is -2.32. The zero-order valence-corrected chi connectivity index (χ0v) is 25.9. The van der Waals surface area contributed by atoms with Gasteiger partial charge in [0.05, 0.1) is 11.8 Å². The molecule has 3 aromatic rings. The molecule has 2 fully saturated rings. The van der Waals surface area contributed by atoms with Crippen LogP contribution in [0.5, 0.6) is 0 Å². The lowest BCUT2D eigenvalue weighted by atomic mass is 10.0. The zero-order chi connectivity index (χ0) is 30.7. The molecular weight excluding hydrogens is 552 g/mol. The standard InChI is InChI=1S/C36H46N4O4/c1-38(35(42)16-15-28-11-13-29(14-12-28)27-40-21-17-31(41)18-22-40)25-26-39-23-19-32(20-24-39)44-36(43)37-34-10-6-5-9-33(34)30-7-3-2-4-8-30/h2-14,31-32,41H,15-27H2,1H3,(H,37,43). The molecule has 44 heavy (non-hydrogen) atoms. The number of piperidine rings is 2. The number of benzene rings is 3. The number of hydrogen-bond donors (Lipinski definition) is 2. The Hall–Kier alpha value is -3.72. The summed E-state index contributed by atoms with van der Waals surface area (Å²) in [6.45, 7) is 5.97. The molecule has 8 nitrogen and oxygen atoms in total. The summed E-state index contributed by atoms with van der Waals surface area (Å²) >= 11 is 0. The summed E-state index contributed by atoms with van der Waals surface area (Å²) < 4.78 is 5.77. The molecule has 2 aliphatic heterocycles. The Bertz CT molecular complexity index is 1330. The minimum Gasteiger partial charge on any atom is -0.446 e. The van der Waals surface area contributed by atoms with Crippen LogP contribution in [0.2, 0.25) is 0 Å². The number of likely N-dealkylation sites (N-methyl/N-ethyl adjacent to an activating group) is 1. The van der Waals surface area contributed by atoms with Gasteiger partial charge in [-0.15, -0.1) is 0 Å². The fourth-order valence-corrected chi connectivity index (χ4v) is 6.01. The molecule has 0 aromatic heterocycles. The van der Waals surface area contributed by atoms with Gasteiger partial charge >= 0.3 is 6.09 Å². The first-order chi connectivity index (χ1) is 21.4. The van der Waals surface area contributed by atoms with Crippen LogP contribution in [0.25, 0.3) is 11.1 Å². The Balaban J connectivity index is 0.973. The van der Waals surface area contributed by atoms with Crippen LogP contribution in [0, 0.1) is 0 Å². The van der Waals surface area contributed by atoms with Crippen LogP contribution in [0.1, 0.15) is 43.2 Å². The van der Waals surface area contributed by atoms with E-state index in [1.54, 1.807) is 0 Å². The molecule has 0 atom stereocenters. The van der Waals surface area contributed by atoms with Gasteiger partial charge in [-0.2, -0.15) is 0 Å². The number of carbonyl (C=O) groups excluding carboxylic acids is 2. The Labute approximate surface area is 261 Å². The van der Waals surface area contributed by atoms with Crippen LogP contribution in [-0.4, -0.2) is 90.3 Å². The third-order valence-electron chi connectivity index (χ3n) is 8.85. The molecular formula is C36H46N4O4. The summed E-state index contributed by atoms with van der Waals surface area (Å²) in [5.74, 6) is 0.159. The van der Waals surface area contributed by atoms with E-state index in [2.05, 4.69) is 39.4 Å². The highest BCUT2D eigenvalue weighted by Gasteiger charge is 2.23. The first-order valence-electron chi connectivity index (χ1n) is 16.0. The second-order valence-electron chi connectivity index (χ2n) is 12.1. The summed E-state index contributed by atoms with van der Waals surface area (Å²) in [5, 5.41) is 12.6. The van der Waals surface area contributed by atoms with Gasteiger partial charge in [0.15, 0.2) is 0 Å². The topological polar surface area (TPSA) is 85.4 Å². The van der Waals surface area contributed by atoms with Crippen molar-refractivity contribution in [2.75, 3.05) is 51.6 Å². The van der Waals surface area contributed by atoms with Crippen LogP contribution < -0.4 is 5.32 Å². The van der Waals surface area contributed by atoms with Crippen molar-refractivity contribution < 1.29 is 19.4 Å². The monoisotopic (exact) mass is 598 g/mol. The van der Waals surface area contributed by atoms with Crippen molar-refractivity contribution >= 4 is 17.7 Å². The Morgan fingerprint density at radius 2 is 1.48 bits per heavy atom. The predicted octanol–water partition coefficient (Wildman–Crippen LogP) is 5.41. The van der Waals surface area contributed by atoms with E-state index in [-0.39, 0.29) is 18.1 Å². The summed E-state index contributed by atoms with van der Waals surface area (Å²) in [5.41, 5.74) is 5.19. The average Bonchev–Trinajstić information content (AvgIpc) is 3.05. The van der Waals surface area contributed by atoms with Gasteiger partial charge in [0.1, 0.15) is 6.10 Å². The number of likely N-dealkylation sites (tertiary alicyclic amines) is 2. The largest absolute Gasteiger partial charge is 0.446 e. The summed E-state index contributed by atoms with van der Waals surface area (Å²) in [6.07, 6.45) is 3.81. The maximum absolute atomic E-state index is 12.8. The number of nitrogens with zero attached hydrogens (tertiary/aromatic N) is 3. The fraction of sp³-hybridized carbons (Fsp3) is 0.444. The maximum Gasteiger partial charge on any atom is 0.411 e. The highest BCUT2D eigenvalue weighted by molar-refractivity contribution is 5.91. The number of amides is 2. The van der Waals surface area contributed by atoms with Gasteiger partial charge in [-0.1, -0.05) is 72.8 Å². The number of aliphatic hydroxyl groups excluding tert-OH is 1. The van der Waals surface area contributed by atoms with Gasteiger partial charge in [-0.25, -0.2) is 4.79 Å². The Morgan fingerprint density at radius 1 is 0.841 bits per heavy atom. The molecule has 2 saturated heterocycles. The van der Waals surface area contributed by atoms with Crippen LogP contribution >= 0.6 is 0 Å². The van der Waals surface area contributed by atoms with Crippen molar-refractivity contribution in [1.82, 2.24) is 14.7 Å². The minimum absolute atomic E-state index is 0.117. The van der Waals surface area contributed by atoms with Gasteiger partial charge in [-0.3, -0.25) is 15.0 Å². The van der Waals surface area contributed by atoms with Crippen LogP contribution in [0.4, 0.5) is 10.5 Å². The number of nitrogens with one attached hydrogen (secondary N) is 1. The lowest BCUT2D eigenvalue weighted by molar-refractivity contribution is -0.130. The van der Waals surface area contributed by atoms with Crippen molar-refractivity contribution in [3.05, 3.63) is 90.0 Å². The normalized spacial score (nSPS) is 16.9. The molecule has 0 spiro atoms. The zero-order valence-electron chi connectivity index (χ0n) is 25.9. The number of ether oxygens (including phenoxy) is 1. The molecule has 3 aromatic carbocycles. The highest BCUT2D eigenvalue weighted by Crippen LogP contribution is 2.28. The number of hydrogen-bond acceptors (Lipinski definition) is 6. The van der Waals surface area contributed by atoms with E-state index in [9.17, 15) is 14.7 Å². The molecule has 0 bridgehead atoms. The number of aryl methyl sites for hydroxylation is 1.